The number of hydrogen-bond donors (Lipinski definition) is 2. The molecule has 0 aromatic heterocycles. The van der Waals surface area contributed by atoms with E-state index in [1.54, 1.807) is 6.07 Å². The van der Waals surface area contributed by atoms with E-state index in [9.17, 15) is 16.8 Å². The smallest absolute Gasteiger partial charge is 0.240 e. The molecular formula is C12H18N2O4S2. The average Bonchev–Trinajstić information content (AvgIpc) is 2.68. The van der Waals surface area contributed by atoms with Gasteiger partial charge >= 0.3 is 0 Å². The van der Waals surface area contributed by atoms with E-state index in [1.165, 1.54) is 12.1 Å². The lowest BCUT2D eigenvalue weighted by molar-refractivity contribution is 0.562. The van der Waals surface area contributed by atoms with E-state index in [2.05, 4.69) is 4.72 Å². The molecule has 1 aliphatic heterocycles. The van der Waals surface area contributed by atoms with Crippen LogP contribution < -0.4 is 10.5 Å². The number of aryl methyl sites for hydroxylation is 1. The number of sulfonamides is 1. The van der Waals surface area contributed by atoms with Gasteiger partial charge in [0.1, 0.15) is 0 Å². The highest BCUT2D eigenvalue weighted by Gasteiger charge is 2.31. The third-order valence-electron chi connectivity index (χ3n) is 3.41. The van der Waals surface area contributed by atoms with Gasteiger partial charge in [0.2, 0.25) is 10.0 Å². The van der Waals surface area contributed by atoms with Gasteiger partial charge in [0.25, 0.3) is 0 Å². The molecule has 1 heterocycles. The highest BCUT2D eigenvalue weighted by atomic mass is 32.2. The van der Waals surface area contributed by atoms with E-state index >= 15 is 0 Å². The van der Waals surface area contributed by atoms with Crippen LogP contribution in [0.25, 0.3) is 0 Å². The number of nitrogens with two attached hydrogens (primary N) is 1. The second kappa shape index (κ2) is 5.44. The first-order valence-electron chi connectivity index (χ1n) is 6.26. The normalized spacial score (nSPS) is 22.0. The maximum absolute atomic E-state index is 12.2. The minimum atomic E-state index is -3.71. The molecule has 1 atom stereocenters. The Morgan fingerprint density at radius 1 is 1.40 bits per heavy atom. The first-order chi connectivity index (χ1) is 9.23. The molecule has 0 spiro atoms. The number of nitrogens with one attached hydrogen (secondary N) is 1. The van der Waals surface area contributed by atoms with Crippen LogP contribution in [0.1, 0.15) is 17.5 Å². The molecule has 1 aromatic carbocycles. The summed E-state index contributed by atoms with van der Waals surface area (Å²) >= 11 is 0. The van der Waals surface area contributed by atoms with E-state index in [-0.39, 0.29) is 22.9 Å². The monoisotopic (exact) mass is 318 g/mol. The van der Waals surface area contributed by atoms with Gasteiger partial charge in [0, 0.05) is 12.6 Å². The second-order valence-electron chi connectivity index (χ2n) is 5.01. The van der Waals surface area contributed by atoms with Crippen molar-refractivity contribution in [3.8, 4) is 0 Å². The van der Waals surface area contributed by atoms with Gasteiger partial charge in [0.05, 0.1) is 16.4 Å². The Morgan fingerprint density at radius 2 is 2.10 bits per heavy atom. The summed E-state index contributed by atoms with van der Waals surface area (Å²) in [6.07, 6.45) is 0.317. The third kappa shape index (κ3) is 3.38. The molecule has 2 rings (SSSR count). The summed E-state index contributed by atoms with van der Waals surface area (Å²) in [5.41, 5.74) is 7.25. The van der Waals surface area contributed by atoms with Crippen LogP contribution >= 0.6 is 0 Å². The second-order valence-corrected chi connectivity index (χ2v) is 8.96. The fourth-order valence-electron chi connectivity index (χ4n) is 2.21. The molecule has 1 aromatic rings. The summed E-state index contributed by atoms with van der Waals surface area (Å²) < 4.78 is 49.6. The zero-order chi connectivity index (χ0) is 15.0. The van der Waals surface area contributed by atoms with Crippen molar-refractivity contribution in [2.24, 2.45) is 5.73 Å². The molecule has 112 valence electrons. The zero-order valence-electron chi connectivity index (χ0n) is 11.2. The molecule has 0 aliphatic carbocycles. The fourth-order valence-corrected chi connectivity index (χ4v) is 5.31. The molecular weight excluding hydrogens is 300 g/mol. The number of hydrogen-bond acceptors (Lipinski definition) is 5. The van der Waals surface area contributed by atoms with E-state index in [1.807, 2.05) is 6.92 Å². The number of sulfone groups is 1. The molecule has 6 nitrogen and oxygen atoms in total. The van der Waals surface area contributed by atoms with Crippen LogP contribution in [0.15, 0.2) is 23.1 Å². The van der Waals surface area contributed by atoms with Crippen molar-refractivity contribution in [2.75, 3.05) is 11.5 Å². The van der Waals surface area contributed by atoms with Crippen LogP contribution in [-0.4, -0.2) is 34.4 Å². The molecule has 1 fully saturated rings. The largest absolute Gasteiger partial charge is 0.326 e. The summed E-state index contributed by atoms with van der Waals surface area (Å²) in [7, 11) is -6.83. The standard InChI is InChI=1S/C12H18N2O4S2/c1-9-2-3-12(6-10(9)7-13)20(17,18)14-11-4-5-19(15,16)8-11/h2-3,6,11,14H,4-5,7-8,13H2,1H3. The van der Waals surface area contributed by atoms with E-state index in [0.29, 0.717) is 6.42 Å². The maximum atomic E-state index is 12.2. The molecule has 0 saturated carbocycles. The van der Waals surface area contributed by atoms with Gasteiger partial charge in [-0.15, -0.1) is 0 Å². The minimum Gasteiger partial charge on any atom is -0.326 e. The molecule has 1 saturated heterocycles. The van der Waals surface area contributed by atoms with Crippen molar-refractivity contribution in [3.63, 3.8) is 0 Å². The summed E-state index contributed by atoms with van der Waals surface area (Å²) in [5, 5.41) is 0. The average molecular weight is 318 g/mol. The van der Waals surface area contributed by atoms with Gasteiger partial charge in [-0.3, -0.25) is 0 Å². The molecule has 0 amide bonds. The Labute approximate surface area is 119 Å². The fraction of sp³-hybridized carbons (Fsp3) is 0.500. The van der Waals surface area contributed by atoms with Crippen molar-refractivity contribution < 1.29 is 16.8 Å². The van der Waals surface area contributed by atoms with Crippen LogP contribution in [0.5, 0.6) is 0 Å². The van der Waals surface area contributed by atoms with Gasteiger partial charge in [-0.25, -0.2) is 21.6 Å². The number of benzene rings is 1. The van der Waals surface area contributed by atoms with E-state index < -0.39 is 25.9 Å². The molecule has 1 aliphatic rings. The molecule has 8 heteroatoms. The van der Waals surface area contributed by atoms with Crippen LogP contribution in [0.4, 0.5) is 0 Å². The van der Waals surface area contributed by atoms with Crippen molar-refractivity contribution in [3.05, 3.63) is 29.3 Å². The minimum absolute atomic E-state index is 0.0299. The third-order valence-corrected chi connectivity index (χ3v) is 6.69. The highest BCUT2D eigenvalue weighted by molar-refractivity contribution is 7.92. The van der Waals surface area contributed by atoms with Gasteiger partial charge < -0.3 is 5.73 Å². The highest BCUT2D eigenvalue weighted by Crippen LogP contribution is 2.18. The molecule has 0 bridgehead atoms. The topological polar surface area (TPSA) is 106 Å². The van der Waals surface area contributed by atoms with Gasteiger partial charge in [0.15, 0.2) is 9.84 Å². The van der Waals surface area contributed by atoms with Crippen molar-refractivity contribution in [2.45, 2.75) is 30.8 Å². The van der Waals surface area contributed by atoms with Crippen LogP contribution in [-0.2, 0) is 26.4 Å². The maximum Gasteiger partial charge on any atom is 0.240 e. The molecule has 20 heavy (non-hydrogen) atoms. The first kappa shape index (κ1) is 15.4. The zero-order valence-corrected chi connectivity index (χ0v) is 12.8. The predicted octanol–water partition coefficient (Wildman–Crippen LogP) is -0.0809. The Kier molecular flexibility index (Phi) is 4.19. The molecule has 3 N–H and O–H groups in total. The first-order valence-corrected chi connectivity index (χ1v) is 9.56. The lowest BCUT2D eigenvalue weighted by Gasteiger charge is -2.13. The van der Waals surface area contributed by atoms with Crippen LogP contribution in [0.2, 0.25) is 0 Å². The Bertz CT molecular complexity index is 711. The quantitative estimate of drug-likeness (QED) is 0.807. The Morgan fingerprint density at radius 3 is 2.65 bits per heavy atom. The molecule has 0 radical (unpaired) electrons. The predicted molar refractivity (Wildman–Crippen MR) is 76.5 cm³/mol. The molecule has 1 unspecified atom stereocenters. The van der Waals surface area contributed by atoms with Crippen LogP contribution in [0, 0.1) is 6.92 Å². The Balaban J connectivity index is 2.23. The van der Waals surface area contributed by atoms with Crippen molar-refractivity contribution >= 4 is 19.9 Å². The lowest BCUT2D eigenvalue weighted by Crippen LogP contribution is -2.35. The van der Waals surface area contributed by atoms with Crippen molar-refractivity contribution in [1.29, 1.82) is 0 Å². The summed E-state index contributed by atoms with van der Waals surface area (Å²) in [4.78, 5) is 0.118. The summed E-state index contributed by atoms with van der Waals surface area (Å²) in [6.45, 7) is 2.11. The van der Waals surface area contributed by atoms with Gasteiger partial charge in [-0.1, -0.05) is 6.07 Å². The summed E-state index contributed by atoms with van der Waals surface area (Å²) in [6, 6.07) is 4.18. The van der Waals surface area contributed by atoms with Gasteiger partial charge in [-0.05, 0) is 36.6 Å². The SMILES string of the molecule is Cc1ccc(S(=O)(=O)NC2CCS(=O)(=O)C2)cc1CN. The van der Waals surface area contributed by atoms with E-state index in [0.717, 1.165) is 11.1 Å². The van der Waals surface area contributed by atoms with Gasteiger partial charge in [-0.2, -0.15) is 0 Å². The van der Waals surface area contributed by atoms with Crippen LogP contribution in [0.3, 0.4) is 0 Å². The van der Waals surface area contributed by atoms with Crippen molar-refractivity contribution in [1.82, 2.24) is 4.72 Å². The Hall–Kier alpha value is -0.960. The number of rotatable bonds is 4. The summed E-state index contributed by atoms with van der Waals surface area (Å²) in [5.74, 6) is -0.107. The lowest BCUT2D eigenvalue weighted by atomic mass is 10.1. The van der Waals surface area contributed by atoms with E-state index in [4.69, 9.17) is 5.73 Å².